The fraction of sp³-hybridized carbons (Fsp3) is 0.500. The number of benzene rings is 1. The molecular weight excluding hydrogens is 188 g/mol. The lowest BCUT2D eigenvalue weighted by Gasteiger charge is -2.39. The highest BCUT2D eigenvalue weighted by atomic mass is 16.5. The van der Waals surface area contributed by atoms with E-state index in [0.717, 1.165) is 18.9 Å². The quantitative estimate of drug-likeness (QED) is 0.761. The van der Waals surface area contributed by atoms with E-state index >= 15 is 0 Å². The van der Waals surface area contributed by atoms with Crippen LogP contribution in [-0.4, -0.2) is 25.3 Å². The Kier molecular flexibility index (Phi) is 2.06. The van der Waals surface area contributed by atoms with Gasteiger partial charge in [0, 0.05) is 6.04 Å². The summed E-state index contributed by atoms with van der Waals surface area (Å²) in [6, 6.07) is 9.38. The van der Waals surface area contributed by atoms with Gasteiger partial charge in [0.1, 0.15) is 0 Å². The third kappa shape index (κ3) is 1.57. The first kappa shape index (κ1) is 9.04. The Balaban J connectivity index is 1.90. The number of nitrogen functional groups attached to an aromatic ring is 1. The molecule has 1 saturated carbocycles. The van der Waals surface area contributed by atoms with E-state index in [1.165, 1.54) is 18.5 Å². The molecule has 0 radical (unpaired) electrons. The molecule has 0 bridgehead atoms. The number of nitrogens with two attached hydrogens (primary N) is 1. The molecular formula is C12H16N2O. The van der Waals surface area contributed by atoms with Gasteiger partial charge in [-0.1, -0.05) is 12.1 Å². The zero-order chi connectivity index (χ0) is 10.3. The standard InChI is InChI=1S/C12H16N2O/c13-11-3-1-2-4-12(11)14(9-5-6-9)10-7-15-8-10/h1-4,9-10H,5-8,13H2. The van der Waals surface area contributed by atoms with E-state index in [9.17, 15) is 0 Å². The summed E-state index contributed by atoms with van der Waals surface area (Å²) in [5.41, 5.74) is 8.09. The van der Waals surface area contributed by atoms with E-state index < -0.39 is 0 Å². The average molecular weight is 204 g/mol. The first-order chi connectivity index (χ1) is 7.36. The molecule has 1 aromatic rings. The van der Waals surface area contributed by atoms with E-state index in [1.54, 1.807) is 0 Å². The molecule has 1 aromatic carbocycles. The van der Waals surface area contributed by atoms with Crippen LogP contribution in [0.15, 0.2) is 24.3 Å². The van der Waals surface area contributed by atoms with Crippen molar-refractivity contribution in [1.29, 1.82) is 0 Å². The van der Waals surface area contributed by atoms with Crippen LogP contribution in [0.3, 0.4) is 0 Å². The number of hydrogen-bond acceptors (Lipinski definition) is 3. The SMILES string of the molecule is Nc1ccccc1N(C1CC1)C1COC1. The van der Waals surface area contributed by atoms with Crippen molar-refractivity contribution in [1.82, 2.24) is 0 Å². The van der Waals surface area contributed by atoms with Crippen LogP contribution < -0.4 is 10.6 Å². The Morgan fingerprint density at radius 2 is 1.87 bits per heavy atom. The molecule has 1 aliphatic heterocycles. The van der Waals surface area contributed by atoms with Crippen LogP contribution in [0.5, 0.6) is 0 Å². The first-order valence-corrected chi connectivity index (χ1v) is 5.57. The Bertz CT molecular complexity index is 358. The third-order valence-electron chi connectivity index (χ3n) is 3.17. The second-order valence-corrected chi connectivity index (χ2v) is 4.39. The second-order valence-electron chi connectivity index (χ2n) is 4.39. The predicted octanol–water partition coefficient (Wildman–Crippen LogP) is 1.64. The summed E-state index contributed by atoms with van der Waals surface area (Å²) in [4.78, 5) is 2.46. The van der Waals surface area contributed by atoms with E-state index in [2.05, 4.69) is 17.0 Å². The maximum atomic E-state index is 6.02. The maximum Gasteiger partial charge on any atom is 0.0761 e. The van der Waals surface area contributed by atoms with E-state index in [-0.39, 0.29) is 0 Å². The molecule has 3 rings (SSSR count). The topological polar surface area (TPSA) is 38.5 Å². The van der Waals surface area contributed by atoms with Gasteiger partial charge in [-0.25, -0.2) is 0 Å². The molecule has 1 heterocycles. The van der Waals surface area contributed by atoms with E-state index in [4.69, 9.17) is 10.5 Å². The molecule has 1 aliphatic carbocycles. The number of anilines is 2. The number of nitrogens with zero attached hydrogens (tertiary/aromatic N) is 1. The monoisotopic (exact) mass is 204 g/mol. The van der Waals surface area contributed by atoms with Crippen molar-refractivity contribution in [2.24, 2.45) is 0 Å². The Labute approximate surface area is 89.8 Å². The van der Waals surface area contributed by atoms with Crippen molar-refractivity contribution >= 4 is 11.4 Å². The third-order valence-corrected chi connectivity index (χ3v) is 3.17. The van der Waals surface area contributed by atoms with Crippen LogP contribution in [0.2, 0.25) is 0 Å². The highest BCUT2D eigenvalue weighted by molar-refractivity contribution is 5.69. The van der Waals surface area contributed by atoms with E-state index in [1.807, 2.05) is 12.1 Å². The molecule has 2 fully saturated rings. The zero-order valence-electron chi connectivity index (χ0n) is 8.73. The fourth-order valence-electron chi connectivity index (χ4n) is 2.15. The lowest BCUT2D eigenvalue weighted by molar-refractivity contribution is 0.00745. The zero-order valence-corrected chi connectivity index (χ0v) is 8.73. The summed E-state index contributed by atoms with van der Waals surface area (Å²) in [5, 5.41) is 0. The molecule has 2 N–H and O–H groups in total. The van der Waals surface area contributed by atoms with Crippen LogP contribution in [-0.2, 0) is 4.74 Å². The molecule has 1 saturated heterocycles. The van der Waals surface area contributed by atoms with Gasteiger partial charge in [0.2, 0.25) is 0 Å². The van der Waals surface area contributed by atoms with Crippen molar-refractivity contribution in [2.45, 2.75) is 24.9 Å². The van der Waals surface area contributed by atoms with Crippen LogP contribution in [0, 0.1) is 0 Å². The average Bonchev–Trinajstić information content (AvgIpc) is 2.96. The molecule has 0 amide bonds. The summed E-state index contributed by atoms with van der Waals surface area (Å²) in [5.74, 6) is 0. The normalized spacial score (nSPS) is 21.1. The van der Waals surface area contributed by atoms with Crippen molar-refractivity contribution in [3.63, 3.8) is 0 Å². The molecule has 3 heteroatoms. The summed E-state index contributed by atoms with van der Waals surface area (Å²) < 4.78 is 5.27. The van der Waals surface area contributed by atoms with Gasteiger partial charge in [-0.2, -0.15) is 0 Å². The van der Waals surface area contributed by atoms with Crippen LogP contribution in [0.25, 0.3) is 0 Å². The van der Waals surface area contributed by atoms with Crippen LogP contribution >= 0.6 is 0 Å². The largest absolute Gasteiger partial charge is 0.397 e. The Morgan fingerprint density at radius 1 is 1.13 bits per heavy atom. The van der Waals surface area contributed by atoms with Gasteiger partial charge < -0.3 is 15.4 Å². The van der Waals surface area contributed by atoms with Gasteiger partial charge in [0.25, 0.3) is 0 Å². The molecule has 0 unspecified atom stereocenters. The minimum Gasteiger partial charge on any atom is -0.397 e. The second kappa shape index (κ2) is 3.42. The molecule has 0 atom stereocenters. The lowest BCUT2D eigenvalue weighted by Crippen LogP contribution is -2.50. The summed E-state index contributed by atoms with van der Waals surface area (Å²) in [6.07, 6.45) is 2.59. The number of para-hydroxylation sites is 2. The van der Waals surface area contributed by atoms with E-state index in [0.29, 0.717) is 12.1 Å². The number of rotatable bonds is 3. The van der Waals surface area contributed by atoms with Gasteiger partial charge in [0.15, 0.2) is 0 Å². The smallest absolute Gasteiger partial charge is 0.0761 e. The van der Waals surface area contributed by atoms with Crippen molar-refractivity contribution < 1.29 is 4.74 Å². The Morgan fingerprint density at radius 3 is 2.40 bits per heavy atom. The van der Waals surface area contributed by atoms with Crippen molar-refractivity contribution in [2.75, 3.05) is 23.8 Å². The fourth-order valence-corrected chi connectivity index (χ4v) is 2.15. The van der Waals surface area contributed by atoms with Gasteiger partial charge in [0.05, 0.1) is 30.6 Å². The Hall–Kier alpha value is -1.22. The molecule has 0 spiro atoms. The maximum absolute atomic E-state index is 6.02. The highest BCUT2D eigenvalue weighted by Crippen LogP contribution is 2.37. The van der Waals surface area contributed by atoms with Gasteiger partial charge in [-0.15, -0.1) is 0 Å². The number of hydrogen-bond donors (Lipinski definition) is 1. The minimum atomic E-state index is 0.544. The minimum absolute atomic E-state index is 0.544. The molecule has 2 aliphatic rings. The molecule has 15 heavy (non-hydrogen) atoms. The first-order valence-electron chi connectivity index (χ1n) is 5.57. The molecule has 3 nitrogen and oxygen atoms in total. The summed E-state index contributed by atoms with van der Waals surface area (Å²) in [7, 11) is 0. The van der Waals surface area contributed by atoms with Gasteiger partial charge in [-0.3, -0.25) is 0 Å². The van der Waals surface area contributed by atoms with Crippen molar-refractivity contribution in [3.05, 3.63) is 24.3 Å². The lowest BCUT2D eigenvalue weighted by atomic mass is 10.1. The molecule has 0 aromatic heterocycles. The summed E-state index contributed by atoms with van der Waals surface area (Å²) >= 11 is 0. The van der Waals surface area contributed by atoms with Crippen LogP contribution in [0.1, 0.15) is 12.8 Å². The van der Waals surface area contributed by atoms with Crippen molar-refractivity contribution in [3.8, 4) is 0 Å². The van der Waals surface area contributed by atoms with Gasteiger partial charge >= 0.3 is 0 Å². The number of ether oxygens (including phenoxy) is 1. The molecule has 80 valence electrons. The summed E-state index contributed by atoms with van der Waals surface area (Å²) in [6.45, 7) is 1.70. The highest BCUT2D eigenvalue weighted by Gasteiger charge is 2.37. The van der Waals surface area contributed by atoms with Gasteiger partial charge in [-0.05, 0) is 25.0 Å². The predicted molar refractivity (Wildman–Crippen MR) is 61.0 cm³/mol. The van der Waals surface area contributed by atoms with Crippen LogP contribution in [0.4, 0.5) is 11.4 Å².